The second kappa shape index (κ2) is 6.10. The van der Waals surface area contributed by atoms with Crippen molar-refractivity contribution >= 4 is 11.7 Å². The van der Waals surface area contributed by atoms with Crippen molar-refractivity contribution in [2.45, 2.75) is 25.4 Å². The molecule has 0 bridgehead atoms. The van der Waals surface area contributed by atoms with Crippen LogP contribution in [0.4, 0.5) is 19.0 Å². The Morgan fingerprint density at radius 1 is 1.42 bits per heavy atom. The van der Waals surface area contributed by atoms with Crippen molar-refractivity contribution in [1.82, 2.24) is 20.4 Å². The molecule has 1 saturated carbocycles. The maximum Gasteiger partial charge on any atom is 0.422 e. The minimum absolute atomic E-state index is 0.0568. The molecule has 0 aliphatic heterocycles. The number of aromatic amines is 1. The molecule has 2 heterocycles. The summed E-state index contributed by atoms with van der Waals surface area (Å²) < 4.78 is 40.5. The minimum Gasteiger partial charge on any atom is -0.467 e. The Labute approximate surface area is 134 Å². The van der Waals surface area contributed by atoms with Gasteiger partial charge in [-0.1, -0.05) is 6.92 Å². The molecule has 0 unspecified atom stereocenters. The summed E-state index contributed by atoms with van der Waals surface area (Å²) in [5, 5.41) is 16.4. The maximum absolute atomic E-state index is 12.0. The second-order valence-electron chi connectivity index (χ2n) is 5.64. The van der Waals surface area contributed by atoms with Crippen LogP contribution in [0.15, 0.2) is 18.2 Å². The zero-order chi connectivity index (χ0) is 17.3. The molecule has 0 saturated heterocycles. The number of rotatable bonds is 5. The molecule has 128 valence electrons. The van der Waals surface area contributed by atoms with E-state index >= 15 is 0 Å². The number of carbonyl (C=O) groups is 1. The van der Waals surface area contributed by atoms with Gasteiger partial charge in [0.2, 0.25) is 5.88 Å². The highest BCUT2D eigenvalue weighted by Crippen LogP contribution is 2.46. The first-order valence-electron chi connectivity index (χ1n) is 7.22. The number of aromatic nitrogens is 4. The van der Waals surface area contributed by atoms with Gasteiger partial charge in [-0.3, -0.25) is 9.89 Å². The molecule has 2 atom stereocenters. The highest BCUT2D eigenvalue weighted by atomic mass is 19.4. The molecule has 0 spiro atoms. The van der Waals surface area contributed by atoms with E-state index in [0.717, 1.165) is 18.2 Å². The van der Waals surface area contributed by atoms with Crippen molar-refractivity contribution in [3.8, 4) is 5.88 Å². The van der Waals surface area contributed by atoms with Gasteiger partial charge in [0.05, 0.1) is 0 Å². The van der Waals surface area contributed by atoms with Gasteiger partial charge in [0, 0.05) is 23.7 Å². The number of carbonyl (C=O) groups excluding carboxylic acids is 1. The number of halogens is 3. The van der Waals surface area contributed by atoms with Crippen molar-refractivity contribution in [1.29, 1.82) is 0 Å². The number of nitrogens with zero attached hydrogens (tertiary/aromatic N) is 3. The van der Waals surface area contributed by atoms with Gasteiger partial charge < -0.3 is 10.1 Å². The highest BCUT2D eigenvalue weighted by molar-refractivity contribution is 6.02. The van der Waals surface area contributed by atoms with E-state index in [4.69, 9.17) is 0 Å². The Morgan fingerprint density at radius 2 is 2.17 bits per heavy atom. The molecule has 1 aliphatic carbocycles. The van der Waals surface area contributed by atoms with Crippen molar-refractivity contribution < 1.29 is 22.7 Å². The summed E-state index contributed by atoms with van der Waals surface area (Å²) in [5.74, 6) is 0.519. The molecule has 10 heteroatoms. The van der Waals surface area contributed by atoms with E-state index in [1.54, 1.807) is 6.07 Å². The van der Waals surface area contributed by atoms with E-state index in [9.17, 15) is 18.0 Å². The number of nitrogens with one attached hydrogen (secondary N) is 2. The number of ether oxygens (including phenoxy) is 1. The number of hydrogen-bond donors (Lipinski definition) is 2. The quantitative estimate of drug-likeness (QED) is 0.872. The lowest BCUT2D eigenvalue weighted by molar-refractivity contribution is -0.154. The van der Waals surface area contributed by atoms with Gasteiger partial charge in [0.15, 0.2) is 18.1 Å². The Bertz CT molecular complexity index is 729. The van der Waals surface area contributed by atoms with Gasteiger partial charge in [-0.15, -0.1) is 10.2 Å². The fraction of sp³-hybridized carbons (Fsp3) is 0.429. The molecule has 24 heavy (non-hydrogen) atoms. The third kappa shape index (κ3) is 4.00. The molecule has 1 fully saturated rings. The van der Waals surface area contributed by atoms with Crippen LogP contribution >= 0.6 is 0 Å². The highest BCUT2D eigenvalue weighted by Gasteiger charge is 2.35. The molecule has 2 N–H and O–H groups in total. The predicted molar refractivity (Wildman–Crippen MR) is 76.6 cm³/mol. The molecule has 3 rings (SSSR count). The fourth-order valence-corrected chi connectivity index (χ4v) is 2.20. The zero-order valence-electron chi connectivity index (χ0n) is 12.6. The van der Waals surface area contributed by atoms with E-state index in [-0.39, 0.29) is 11.6 Å². The summed E-state index contributed by atoms with van der Waals surface area (Å²) in [6, 6.07) is 4.13. The van der Waals surface area contributed by atoms with Crippen LogP contribution in [0, 0.1) is 5.92 Å². The number of H-pyrrole nitrogens is 1. The first kappa shape index (κ1) is 16.2. The van der Waals surface area contributed by atoms with Crippen LogP contribution in [0.2, 0.25) is 0 Å². The monoisotopic (exact) mass is 341 g/mol. The van der Waals surface area contributed by atoms with Crippen molar-refractivity contribution in [3.63, 3.8) is 0 Å². The molecule has 7 nitrogen and oxygen atoms in total. The number of anilines is 1. The smallest absolute Gasteiger partial charge is 0.422 e. The molecule has 1 amide bonds. The average Bonchev–Trinajstić information content (AvgIpc) is 3.07. The minimum atomic E-state index is -4.46. The van der Waals surface area contributed by atoms with E-state index in [1.807, 2.05) is 0 Å². The van der Waals surface area contributed by atoms with E-state index in [1.165, 1.54) is 6.07 Å². The molecule has 1 aliphatic rings. The van der Waals surface area contributed by atoms with Crippen LogP contribution in [-0.2, 0) is 0 Å². The topological polar surface area (TPSA) is 92.8 Å². The summed E-state index contributed by atoms with van der Waals surface area (Å²) in [6.07, 6.45) is -3.38. The number of amides is 1. The summed E-state index contributed by atoms with van der Waals surface area (Å²) >= 11 is 0. The van der Waals surface area contributed by atoms with Gasteiger partial charge in [0.25, 0.3) is 5.91 Å². The Hall–Kier alpha value is -2.65. The van der Waals surface area contributed by atoms with Crippen LogP contribution in [-0.4, -0.2) is 39.1 Å². The van der Waals surface area contributed by atoms with Gasteiger partial charge in [0.1, 0.15) is 0 Å². The zero-order valence-corrected chi connectivity index (χ0v) is 12.6. The molecule has 0 aromatic carbocycles. The molecule has 2 aromatic heterocycles. The van der Waals surface area contributed by atoms with Gasteiger partial charge >= 0.3 is 6.18 Å². The van der Waals surface area contributed by atoms with Gasteiger partial charge in [-0.2, -0.15) is 18.3 Å². The van der Waals surface area contributed by atoms with Crippen LogP contribution in [0.3, 0.4) is 0 Å². The normalized spacial score (nSPS) is 19.8. The van der Waals surface area contributed by atoms with Crippen LogP contribution in [0.25, 0.3) is 0 Å². The van der Waals surface area contributed by atoms with Crippen molar-refractivity contribution in [2.24, 2.45) is 5.92 Å². The summed E-state index contributed by atoms with van der Waals surface area (Å²) in [6.45, 7) is 0.657. The van der Waals surface area contributed by atoms with Crippen LogP contribution in [0.5, 0.6) is 5.88 Å². The first-order chi connectivity index (χ1) is 11.3. The van der Waals surface area contributed by atoms with Crippen molar-refractivity contribution in [2.75, 3.05) is 11.9 Å². The largest absolute Gasteiger partial charge is 0.467 e. The van der Waals surface area contributed by atoms with E-state index in [0.29, 0.717) is 17.7 Å². The summed E-state index contributed by atoms with van der Waals surface area (Å²) in [7, 11) is 0. The van der Waals surface area contributed by atoms with Gasteiger partial charge in [-0.05, 0) is 18.4 Å². The SMILES string of the molecule is C[C@H]1C[C@H]1c1cc(NC(=O)c2ccc(OCC(F)(F)F)nn2)n[nH]1. The third-order valence-electron chi connectivity index (χ3n) is 3.60. The summed E-state index contributed by atoms with van der Waals surface area (Å²) in [5.41, 5.74) is 0.901. The standard InChI is InChI=1S/C14H14F3N5O2/c1-7-4-8(7)10-5-11(21-20-10)18-13(23)9-2-3-12(22-19-9)24-6-14(15,16)17/h2-3,5,7-8H,4,6H2,1H3,(H2,18,20,21,23)/t7-,8+/m0/s1. The van der Waals surface area contributed by atoms with Gasteiger partial charge in [-0.25, -0.2) is 0 Å². The van der Waals surface area contributed by atoms with E-state index in [2.05, 4.69) is 37.4 Å². The Balaban J connectivity index is 1.57. The summed E-state index contributed by atoms with van der Waals surface area (Å²) in [4.78, 5) is 12.0. The lowest BCUT2D eigenvalue weighted by Crippen LogP contribution is -2.20. The number of alkyl halides is 3. The second-order valence-corrected chi connectivity index (χ2v) is 5.64. The molecule has 0 radical (unpaired) electrons. The van der Waals surface area contributed by atoms with E-state index < -0.39 is 18.7 Å². The lowest BCUT2D eigenvalue weighted by Gasteiger charge is -2.07. The molecular weight excluding hydrogens is 327 g/mol. The molecular formula is C14H14F3N5O2. The average molecular weight is 341 g/mol. The van der Waals surface area contributed by atoms with Crippen LogP contribution in [0.1, 0.15) is 35.4 Å². The first-order valence-corrected chi connectivity index (χ1v) is 7.22. The Kier molecular flexibility index (Phi) is 4.12. The van der Waals surface area contributed by atoms with Crippen LogP contribution < -0.4 is 10.1 Å². The Morgan fingerprint density at radius 3 is 2.75 bits per heavy atom. The predicted octanol–water partition coefficient (Wildman–Crippen LogP) is 2.52. The lowest BCUT2D eigenvalue weighted by atomic mass is 10.2. The number of hydrogen-bond acceptors (Lipinski definition) is 5. The third-order valence-corrected chi connectivity index (χ3v) is 3.60. The fourth-order valence-electron chi connectivity index (χ4n) is 2.20. The maximum atomic E-state index is 12.0. The van der Waals surface area contributed by atoms with Crippen molar-refractivity contribution in [3.05, 3.63) is 29.6 Å². The molecule has 2 aromatic rings.